The maximum Gasteiger partial charge on any atom is 0.175 e. The van der Waals surface area contributed by atoms with Gasteiger partial charge in [-0.15, -0.1) is 11.3 Å². The average Bonchev–Trinajstić information content (AvgIpc) is 2.92. The highest BCUT2D eigenvalue weighted by molar-refractivity contribution is 9.10. The van der Waals surface area contributed by atoms with Crippen LogP contribution in [0, 0.1) is 0 Å². The Bertz CT molecular complexity index is 546. The second-order valence-electron chi connectivity index (χ2n) is 4.09. The molecule has 4 nitrogen and oxygen atoms in total. The molecule has 2 rings (SSSR count). The molecule has 108 valence electrons. The van der Waals surface area contributed by atoms with Gasteiger partial charge >= 0.3 is 0 Å². The molecule has 0 unspecified atom stereocenters. The molecule has 0 saturated heterocycles. The van der Waals surface area contributed by atoms with Crippen molar-refractivity contribution in [2.75, 3.05) is 13.2 Å². The number of nitrogens with zero attached hydrogens (tertiary/aromatic N) is 1. The summed E-state index contributed by atoms with van der Waals surface area (Å²) in [5, 5.41) is 2.87. The first-order chi connectivity index (χ1) is 9.74. The maximum atomic E-state index is 5.84. The van der Waals surface area contributed by atoms with E-state index in [0.717, 1.165) is 27.2 Å². The van der Waals surface area contributed by atoms with Crippen LogP contribution in [-0.4, -0.2) is 18.1 Å². The van der Waals surface area contributed by atoms with Gasteiger partial charge in [-0.2, -0.15) is 0 Å². The van der Waals surface area contributed by atoms with Crippen LogP contribution < -0.4 is 15.2 Å². The second-order valence-corrected chi connectivity index (χ2v) is 5.92. The Kier molecular flexibility index (Phi) is 5.82. The highest BCUT2D eigenvalue weighted by Gasteiger charge is 2.13. The van der Waals surface area contributed by atoms with E-state index in [4.69, 9.17) is 15.2 Å². The van der Waals surface area contributed by atoms with Crippen LogP contribution in [0.4, 0.5) is 0 Å². The summed E-state index contributed by atoms with van der Waals surface area (Å²) < 4.78 is 12.4. The summed E-state index contributed by atoms with van der Waals surface area (Å²) in [6.07, 6.45) is 2.58. The highest BCUT2D eigenvalue weighted by atomic mass is 79.9. The zero-order chi connectivity index (χ0) is 14.4. The van der Waals surface area contributed by atoms with Crippen molar-refractivity contribution in [1.29, 1.82) is 0 Å². The molecule has 0 atom stereocenters. The van der Waals surface area contributed by atoms with Gasteiger partial charge in [0.05, 0.1) is 11.1 Å². The van der Waals surface area contributed by atoms with E-state index in [-0.39, 0.29) is 0 Å². The van der Waals surface area contributed by atoms with E-state index >= 15 is 0 Å². The standard InChI is InChI=1S/C14H17BrN2O2S/c1-2-18-12-8-10(3-4-16)7-11(15)14(12)19-9-13-17-5-6-20-13/h5-8H,2-4,9,16H2,1H3. The summed E-state index contributed by atoms with van der Waals surface area (Å²) in [5.41, 5.74) is 6.73. The van der Waals surface area contributed by atoms with Gasteiger partial charge in [-0.05, 0) is 53.5 Å². The number of ether oxygens (including phenoxy) is 2. The smallest absolute Gasteiger partial charge is 0.175 e. The Labute approximate surface area is 131 Å². The lowest BCUT2D eigenvalue weighted by atomic mass is 10.1. The fourth-order valence-electron chi connectivity index (χ4n) is 1.79. The van der Waals surface area contributed by atoms with E-state index in [1.54, 1.807) is 17.5 Å². The molecule has 0 amide bonds. The Morgan fingerprint density at radius 2 is 2.20 bits per heavy atom. The maximum absolute atomic E-state index is 5.84. The van der Waals surface area contributed by atoms with Crippen LogP contribution in [0.25, 0.3) is 0 Å². The molecule has 0 bridgehead atoms. The molecule has 0 aliphatic carbocycles. The molecule has 2 N–H and O–H groups in total. The second kappa shape index (κ2) is 7.61. The summed E-state index contributed by atoms with van der Waals surface area (Å²) >= 11 is 5.11. The third-order valence-electron chi connectivity index (χ3n) is 2.63. The zero-order valence-corrected chi connectivity index (χ0v) is 13.7. The summed E-state index contributed by atoms with van der Waals surface area (Å²) in [6.45, 7) is 3.59. The van der Waals surface area contributed by atoms with Crippen LogP contribution in [0.15, 0.2) is 28.2 Å². The quantitative estimate of drug-likeness (QED) is 0.825. The van der Waals surface area contributed by atoms with E-state index < -0.39 is 0 Å². The van der Waals surface area contributed by atoms with E-state index in [9.17, 15) is 0 Å². The zero-order valence-electron chi connectivity index (χ0n) is 11.3. The van der Waals surface area contributed by atoms with Gasteiger partial charge in [0, 0.05) is 11.6 Å². The average molecular weight is 357 g/mol. The number of halogens is 1. The Hall–Kier alpha value is -1.11. The van der Waals surface area contributed by atoms with Gasteiger partial charge < -0.3 is 15.2 Å². The highest BCUT2D eigenvalue weighted by Crippen LogP contribution is 2.37. The molecule has 1 aromatic carbocycles. The largest absolute Gasteiger partial charge is 0.490 e. The molecule has 6 heteroatoms. The normalized spacial score (nSPS) is 10.6. The molecule has 0 spiro atoms. The molecule has 0 fully saturated rings. The molecule has 0 aliphatic heterocycles. The molecular weight excluding hydrogens is 340 g/mol. The minimum absolute atomic E-state index is 0.437. The Balaban J connectivity index is 2.20. The van der Waals surface area contributed by atoms with Crippen LogP contribution in [0.1, 0.15) is 17.5 Å². The lowest BCUT2D eigenvalue weighted by Gasteiger charge is -2.14. The van der Waals surface area contributed by atoms with Crippen LogP contribution in [-0.2, 0) is 13.0 Å². The Morgan fingerprint density at radius 1 is 1.35 bits per heavy atom. The van der Waals surface area contributed by atoms with Gasteiger partial charge in [0.25, 0.3) is 0 Å². The third kappa shape index (κ3) is 3.94. The van der Waals surface area contributed by atoms with Crippen molar-refractivity contribution >= 4 is 27.3 Å². The van der Waals surface area contributed by atoms with Gasteiger partial charge in [-0.1, -0.05) is 0 Å². The minimum Gasteiger partial charge on any atom is -0.490 e. The topological polar surface area (TPSA) is 57.4 Å². The van der Waals surface area contributed by atoms with Crippen LogP contribution in [0.3, 0.4) is 0 Å². The summed E-state index contributed by atoms with van der Waals surface area (Å²) in [7, 11) is 0. The number of benzene rings is 1. The molecule has 0 saturated carbocycles. The predicted molar refractivity (Wildman–Crippen MR) is 84.5 cm³/mol. The Morgan fingerprint density at radius 3 is 2.85 bits per heavy atom. The lowest BCUT2D eigenvalue weighted by molar-refractivity contribution is 0.267. The van der Waals surface area contributed by atoms with Crippen LogP contribution >= 0.6 is 27.3 Å². The molecule has 2 aromatic rings. The number of thiazole rings is 1. The van der Waals surface area contributed by atoms with Crippen LogP contribution in [0.2, 0.25) is 0 Å². The molecule has 1 aromatic heterocycles. The lowest BCUT2D eigenvalue weighted by Crippen LogP contribution is -2.05. The molecule has 1 heterocycles. The van der Waals surface area contributed by atoms with Crippen molar-refractivity contribution in [3.8, 4) is 11.5 Å². The summed E-state index contributed by atoms with van der Waals surface area (Å²) in [4.78, 5) is 4.20. The fraction of sp³-hybridized carbons (Fsp3) is 0.357. The number of rotatable bonds is 7. The third-order valence-corrected chi connectivity index (χ3v) is 3.97. The molecule has 0 radical (unpaired) electrons. The van der Waals surface area contributed by atoms with Crippen molar-refractivity contribution in [3.05, 3.63) is 38.8 Å². The molecule has 0 aliphatic rings. The minimum atomic E-state index is 0.437. The first-order valence-electron chi connectivity index (χ1n) is 6.41. The SMILES string of the molecule is CCOc1cc(CCN)cc(Br)c1OCc1nccs1. The van der Waals surface area contributed by atoms with Crippen molar-refractivity contribution in [2.24, 2.45) is 5.73 Å². The van der Waals surface area contributed by atoms with Crippen molar-refractivity contribution in [3.63, 3.8) is 0 Å². The predicted octanol–water partition coefficient (Wildman–Crippen LogP) is 3.38. The van der Waals surface area contributed by atoms with Gasteiger partial charge in [0.15, 0.2) is 11.5 Å². The van der Waals surface area contributed by atoms with Crippen molar-refractivity contribution < 1.29 is 9.47 Å². The molecule has 20 heavy (non-hydrogen) atoms. The molecular formula is C14H17BrN2O2S. The number of nitrogens with two attached hydrogens (primary N) is 1. The van der Waals surface area contributed by atoms with Crippen molar-refractivity contribution in [2.45, 2.75) is 20.0 Å². The van der Waals surface area contributed by atoms with E-state index in [1.807, 2.05) is 24.4 Å². The van der Waals surface area contributed by atoms with E-state index in [0.29, 0.717) is 25.5 Å². The first kappa shape index (κ1) is 15.3. The van der Waals surface area contributed by atoms with Crippen molar-refractivity contribution in [1.82, 2.24) is 4.98 Å². The monoisotopic (exact) mass is 356 g/mol. The summed E-state index contributed by atoms with van der Waals surface area (Å²) in [6, 6.07) is 4.00. The van der Waals surface area contributed by atoms with Crippen LogP contribution in [0.5, 0.6) is 11.5 Å². The fourth-order valence-corrected chi connectivity index (χ4v) is 2.92. The number of hydrogen-bond donors (Lipinski definition) is 1. The van der Waals surface area contributed by atoms with E-state index in [1.165, 1.54) is 0 Å². The van der Waals surface area contributed by atoms with Gasteiger partial charge in [-0.25, -0.2) is 4.98 Å². The van der Waals surface area contributed by atoms with Gasteiger partial charge in [-0.3, -0.25) is 0 Å². The van der Waals surface area contributed by atoms with Gasteiger partial charge in [0.1, 0.15) is 11.6 Å². The number of aromatic nitrogens is 1. The summed E-state index contributed by atoms with van der Waals surface area (Å²) in [5.74, 6) is 1.45. The first-order valence-corrected chi connectivity index (χ1v) is 8.08. The number of hydrogen-bond acceptors (Lipinski definition) is 5. The van der Waals surface area contributed by atoms with E-state index in [2.05, 4.69) is 20.9 Å². The van der Waals surface area contributed by atoms with Gasteiger partial charge in [0.2, 0.25) is 0 Å².